The van der Waals surface area contributed by atoms with Gasteiger partial charge in [0.2, 0.25) is 11.8 Å². The molecule has 1 saturated carbocycles. The second-order valence-electron chi connectivity index (χ2n) is 12.0. The fourth-order valence-electron chi connectivity index (χ4n) is 6.57. The van der Waals surface area contributed by atoms with E-state index in [9.17, 15) is 9.59 Å². The van der Waals surface area contributed by atoms with Crippen LogP contribution in [0.4, 0.5) is 0 Å². The summed E-state index contributed by atoms with van der Waals surface area (Å²) in [6.45, 7) is 6.49. The first-order valence-corrected chi connectivity index (χ1v) is 14.6. The molecule has 0 radical (unpaired) electrons. The number of halogens is 1. The summed E-state index contributed by atoms with van der Waals surface area (Å²) in [7, 11) is 4.32. The van der Waals surface area contributed by atoms with Crippen molar-refractivity contribution in [1.29, 1.82) is 0 Å². The Morgan fingerprint density at radius 3 is 2.53 bits per heavy atom. The molecule has 5 nitrogen and oxygen atoms in total. The maximum Gasteiger partial charge on any atom is 0.234 e. The largest absolute Gasteiger partial charge is 0.306 e. The Labute approximate surface area is 233 Å². The van der Waals surface area contributed by atoms with E-state index in [1.165, 1.54) is 28.0 Å². The van der Waals surface area contributed by atoms with E-state index in [4.69, 9.17) is 11.6 Å². The van der Waals surface area contributed by atoms with E-state index in [0.29, 0.717) is 12.6 Å². The predicted octanol–water partition coefficient (Wildman–Crippen LogP) is 6.65. The summed E-state index contributed by atoms with van der Waals surface area (Å²) >= 11 is 8.22. The van der Waals surface area contributed by atoms with Crippen LogP contribution in [0.1, 0.15) is 49.1 Å². The number of amides is 2. The van der Waals surface area contributed by atoms with Crippen LogP contribution < -0.4 is 0 Å². The molecular weight excluding hydrogens is 514 g/mol. The summed E-state index contributed by atoms with van der Waals surface area (Å²) in [5.74, 6) is -0.365. The Kier molecular flexibility index (Phi) is 6.29. The van der Waals surface area contributed by atoms with Gasteiger partial charge >= 0.3 is 0 Å². The van der Waals surface area contributed by atoms with Crippen LogP contribution in [-0.2, 0) is 22.6 Å². The molecular formula is C31H34ClN3O2S. The molecule has 6 rings (SSSR count). The monoisotopic (exact) mass is 547 g/mol. The maximum atomic E-state index is 12.9. The highest BCUT2D eigenvalue weighted by Crippen LogP contribution is 2.63. The molecule has 7 heteroatoms. The first kappa shape index (κ1) is 25.7. The first-order chi connectivity index (χ1) is 18.1. The Morgan fingerprint density at radius 2 is 1.87 bits per heavy atom. The van der Waals surface area contributed by atoms with Crippen molar-refractivity contribution in [2.45, 2.75) is 59.0 Å². The minimum Gasteiger partial charge on any atom is -0.306 e. The second kappa shape index (κ2) is 9.29. The molecule has 1 aromatic carbocycles. The molecule has 2 aromatic heterocycles. The number of piperidine rings is 1. The number of allylic oxidation sites excluding steroid dienone is 1. The lowest BCUT2D eigenvalue weighted by Gasteiger charge is -2.28. The van der Waals surface area contributed by atoms with Gasteiger partial charge in [0.1, 0.15) is 0 Å². The molecule has 0 N–H and O–H groups in total. The van der Waals surface area contributed by atoms with Gasteiger partial charge in [0, 0.05) is 27.7 Å². The number of thiophene rings is 1. The van der Waals surface area contributed by atoms with Crippen molar-refractivity contribution in [1.82, 2.24) is 14.8 Å². The topological polar surface area (TPSA) is 53.5 Å². The molecule has 38 heavy (non-hydrogen) atoms. The number of nitrogens with zero attached hydrogens (tertiary/aromatic N) is 3. The van der Waals surface area contributed by atoms with E-state index < -0.39 is 0 Å². The number of aryl methyl sites for hydroxylation is 1. The van der Waals surface area contributed by atoms with Gasteiger partial charge in [-0.15, -0.1) is 11.3 Å². The Morgan fingerprint density at radius 1 is 1.13 bits per heavy atom. The zero-order chi connectivity index (χ0) is 26.9. The summed E-state index contributed by atoms with van der Waals surface area (Å²) in [5.41, 5.74) is 6.93. The lowest BCUT2D eigenvalue weighted by Crippen LogP contribution is -2.35. The highest BCUT2D eigenvalue weighted by molar-refractivity contribution is 7.19. The maximum absolute atomic E-state index is 12.9. The number of rotatable bonds is 6. The highest BCUT2D eigenvalue weighted by Gasteiger charge is 2.72. The third-order valence-corrected chi connectivity index (χ3v) is 10.4. The number of pyridine rings is 1. The van der Waals surface area contributed by atoms with E-state index >= 15 is 0 Å². The minimum absolute atomic E-state index is 0.0272. The fourth-order valence-corrected chi connectivity index (χ4v) is 7.98. The Hall–Kier alpha value is -2.54. The molecule has 3 atom stereocenters. The van der Waals surface area contributed by atoms with Gasteiger partial charge < -0.3 is 4.90 Å². The normalized spacial score (nSPS) is 24.3. The van der Waals surface area contributed by atoms with Gasteiger partial charge in [-0.2, -0.15) is 0 Å². The molecule has 3 heterocycles. The third-order valence-electron chi connectivity index (χ3n) is 9.01. The van der Waals surface area contributed by atoms with Gasteiger partial charge in [0.15, 0.2) is 0 Å². The van der Waals surface area contributed by atoms with Crippen LogP contribution in [0.5, 0.6) is 0 Å². The van der Waals surface area contributed by atoms with Crippen molar-refractivity contribution in [3.63, 3.8) is 0 Å². The van der Waals surface area contributed by atoms with Crippen LogP contribution in [0.3, 0.4) is 0 Å². The number of hydrogen-bond donors (Lipinski definition) is 0. The molecule has 0 spiro atoms. The standard InChI is InChI=1S/C31H34ClN3O2S/c1-17-12-19(32)14-24(23(17)13-18-6-8-20(9-7-18)34(4)5)22-10-11-33-25-15-21(38-28(22)25)16-35-29(36)26-27(30(35)37)31(26,2)3/h6,10-12,14-15,20,26-27H,7-9,13,16H2,1-5H3. The summed E-state index contributed by atoms with van der Waals surface area (Å²) < 4.78 is 1.07. The van der Waals surface area contributed by atoms with Crippen LogP contribution in [0.2, 0.25) is 5.02 Å². The van der Waals surface area contributed by atoms with Crippen molar-refractivity contribution >= 4 is 45.0 Å². The summed E-state index contributed by atoms with van der Waals surface area (Å²) in [6.07, 6.45) is 8.56. The highest BCUT2D eigenvalue weighted by atomic mass is 35.5. The predicted molar refractivity (Wildman–Crippen MR) is 154 cm³/mol. The smallest absolute Gasteiger partial charge is 0.234 e. The summed E-state index contributed by atoms with van der Waals surface area (Å²) in [6, 6.07) is 8.84. The van der Waals surface area contributed by atoms with Crippen LogP contribution in [0, 0.1) is 24.2 Å². The van der Waals surface area contributed by atoms with E-state index in [1.54, 1.807) is 11.3 Å². The number of likely N-dealkylation sites (tertiary alicyclic amines) is 1. The van der Waals surface area contributed by atoms with E-state index in [1.807, 2.05) is 26.1 Å². The van der Waals surface area contributed by atoms with Crippen LogP contribution in [-0.4, -0.2) is 46.7 Å². The third kappa shape index (κ3) is 4.21. The molecule has 3 aromatic rings. The number of benzene rings is 1. The van der Waals surface area contributed by atoms with Crippen molar-refractivity contribution in [2.75, 3.05) is 14.1 Å². The van der Waals surface area contributed by atoms with E-state index in [2.05, 4.69) is 55.2 Å². The fraction of sp³-hybridized carbons (Fsp3) is 0.452. The van der Waals surface area contributed by atoms with Crippen molar-refractivity contribution < 1.29 is 9.59 Å². The van der Waals surface area contributed by atoms with Gasteiger partial charge in [-0.1, -0.05) is 37.1 Å². The van der Waals surface area contributed by atoms with Gasteiger partial charge in [-0.3, -0.25) is 19.5 Å². The average Bonchev–Trinajstić information content (AvgIpc) is 3.11. The Balaban J connectivity index is 1.33. The lowest BCUT2D eigenvalue weighted by molar-refractivity contribution is -0.143. The minimum atomic E-state index is -0.193. The number of fused-ring (bicyclic) bond motifs is 2. The first-order valence-electron chi connectivity index (χ1n) is 13.4. The van der Waals surface area contributed by atoms with Crippen molar-refractivity contribution in [3.8, 4) is 11.1 Å². The molecule has 3 unspecified atom stereocenters. The van der Waals surface area contributed by atoms with Crippen LogP contribution >= 0.6 is 22.9 Å². The molecule has 0 bridgehead atoms. The van der Waals surface area contributed by atoms with Gasteiger partial charge in [-0.05, 0) is 93.1 Å². The SMILES string of the molecule is Cc1cc(Cl)cc(-c2ccnc3cc(CN4C(=O)C5C(C4=O)C5(C)C)sc23)c1CC1=CCC(N(C)C)CC1. The van der Waals surface area contributed by atoms with Crippen molar-refractivity contribution in [2.24, 2.45) is 17.3 Å². The zero-order valence-corrected chi connectivity index (χ0v) is 24.2. The molecule has 198 valence electrons. The number of carbonyl (C=O) groups excluding carboxylic acids is 2. The second-order valence-corrected chi connectivity index (χ2v) is 13.6. The van der Waals surface area contributed by atoms with Gasteiger partial charge in [-0.25, -0.2) is 0 Å². The molecule has 1 saturated heterocycles. The van der Waals surface area contributed by atoms with Gasteiger partial charge in [0.05, 0.1) is 28.6 Å². The quantitative estimate of drug-likeness (QED) is 0.256. The molecule has 3 aliphatic rings. The van der Waals surface area contributed by atoms with E-state index in [0.717, 1.165) is 50.5 Å². The number of imide groups is 1. The van der Waals surface area contributed by atoms with Crippen molar-refractivity contribution in [3.05, 3.63) is 63.1 Å². The molecule has 2 fully saturated rings. The van der Waals surface area contributed by atoms with Crippen LogP contribution in [0.15, 0.2) is 42.1 Å². The molecule has 2 aliphatic carbocycles. The average molecular weight is 548 g/mol. The van der Waals surface area contributed by atoms with Gasteiger partial charge in [0.25, 0.3) is 0 Å². The number of aromatic nitrogens is 1. The van der Waals surface area contributed by atoms with E-state index in [-0.39, 0.29) is 29.1 Å². The lowest BCUT2D eigenvalue weighted by atomic mass is 9.86. The zero-order valence-electron chi connectivity index (χ0n) is 22.7. The molecule has 1 aliphatic heterocycles. The number of carbonyl (C=O) groups is 2. The molecule has 2 amide bonds. The Bertz CT molecular complexity index is 1480. The number of hydrogen-bond acceptors (Lipinski definition) is 5. The van der Waals surface area contributed by atoms with Crippen LogP contribution in [0.25, 0.3) is 21.3 Å². The summed E-state index contributed by atoms with van der Waals surface area (Å²) in [5, 5.41) is 0.725. The summed E-state index contributed by atoms with van der Waals surface area (Å²) in [4.78, 5) is 35.2.